The van der Waals surface area contributed by atoms with Gasteiger partial charge in [-0.3, -0.25) is 4.79 Å². The summed E-state index contributed by atoms with van der Waals surface area (Å²) in [7, 11) is 3.16. The van der Waals surface area contributed by atoms with Crippen molar-refractivity contribution in [2.45, 2.75) is 13.3 Å². The summed E-state index contributed by atoms with van der Waals surface area (Å²) in [6.07, 6.45) is 2.75. The van der Waals surface area contributed by atoms with Crippen LogP contribution < -0.4 is 24.3 Å². The Labute approximate surface area is 177 Å². The summed E-state index contributed by atoms with van der Waals surface area (Å²) in [5.74, 6) is 2.55. The summed E-state index contributed by atoms with van der Waals surface area (Å²) in [5.41, 5.74) is 1.46. The second-order valence-electron chi connectivity index (χ2n) is 6.53. The van der Waals surface area contributed by atoms with Gasteiger partial charge in [-0.15, -0.1) is 5.10 Å². The molecule has 4 aromatic rings. The maximum absolute atomic E-state index is 12.8. The Balaban J connectivity index is 1.66. The van der Waals surface area contributed by atoms with Gasteiger partial charge in [0.15, 0.2) is 17.3 Å². The molecule has 0 unspecified atom stereocenters. The maximum Gasteiger partial charge on any atom is 0.291 e. The van der Waals surface area contributed by atoms with E-state index < -0.39 is 0 Å². The molecule has 154 valence electrons. The van der Waals surface area contributed by atoms with Gasteiger partial charge in [-0.25, -0.2) is 0 Å². The second-order valence-corrected chi connectivity index (χ2v) is 7.54. The van der Waals surface area contributed by atoms with Crippen LogP contribution in [0.1, 0.15) is 18.9 Å². The number of methoxy groups -OCH3 is 2. The Morgan fingerprint density at radius 3 is 2.50 bits per heavy atom. The van der Waals surface area contributed by atoms with Crippen LogP contribution in [0.15, 0.2) is 47.3 Å². The Hall–Kier alpha value is -3.39. The topological polar surface area (TPSA) is 75.0 Å². The fourth-order valence-electron chi connectivity index (χ4n) is 2.97. The van der Waals surface area contributed by atoms with E-state index in [2.05, 4.69) is 17.0 Å². The number of aromatic nitrogens is 3. The van der Waals surface area contributed by atoms with Crippen molar-refractivity contribution in [3.05, 3.63) is 62.9 Å². The van der Waals surface area contributed by atoms with Crippen molar-refractivity contribution in [2.24, 2.45) is 0 Å². The van der Waals surface area contributed by atoms with Crippen molar-refractivity contribution in [1.82, 2.24) is 14.6 Å². The summed E-state index contributed by atoms with van der Waals surface area (Å²) >= 11 is 1.30. The third-order valence-corrected chi connectivity index (χ3v) is 5.43. The van der Waals surface area contributed by atoms with E-state index in [0.717, 1.165) is 23.3 Å². The van der Waals surface area contributed by atoms with Crippen LogP contribution in [-0.4, -0.2) is 35.4 Å². The summed E-state index contributed by atoms with van der Waals surface area (Å²) in [4.78, 5) is 17.9. The second kappa shape index (κ2) is 8.54. The lowest BCUT2D eigenvalue weighted by Gasteiger charge is -2.07. The summed E-state index contributed by atoms with van der Waals surface area (Å²) < 4.78 is 18.1. The molecule has 0 fully saturated rings. The highest BCUT2D eigenvalue weighted by molar-refractivity contribution is 7.15. The van der Waals surface area contributed by atoms with Crippen LogP contribution in [0, 0.1) is 0 Å². The molecule has 2 heterocycles. The number of hydrogen-bond donors (Lipinski definition) is 0. The molecule has 0 amide bonds. The van der Waals surface area contributed by atoms with Crippen molar-refractivity contribution in [3.8, 4) is 28.6 Å². The standard InChI is InChI=1S/C22H21N3O4S/c1-4-11-29-16-8-6-15(7-9-16)20-23-22-25(24-20)21(26)19(30-22)13-14-5-10-17(27-2)18(12-14)28-3/h5-10,12-13H,4,11H2,1-3H3. The van der Waals surface area contributed by atoms with Crippen molar-refractivity contribution in [1.29, 1.82) is 0 Å². The van der Waals surface area contributed by atoms with Gasteiger partial charge < -0.3 is 14.2 Å². The molecule has 2 aromatic heterocycles. The van der Waals surface area contributed by atoms with Crippen molar-refractivity contribution in [3.63, 3.8) is 0 Å². The van der Waals surface area contributed by atoms with E-state index in [9.17, 15) is 4.79 Å². The van der Waals surface area contributed by atoms with E-state index in [4.69, 9.17) is 14.2 Å². The molecule has 7 nitrogen and oxygen atoms in total. The Morgan fingerprint density at radius 1 is 1.07 bits per heavy atom. The zero-order valence-electron chi connectivity index (χ0n) is 16.9. The van der Waals surface area contributed by atoms with Gasteiger partial charge in [0.2, 0.25) is 4.96 Å². The number of rotatable bonds is 7. The Kier molecular flexibility index (Phi) is 5.67. The van der Waals surface area contributed by atoms with E-state index >= 15 is 0 Å². The molecule has 0 aliphatic heterocycles. The van der Waals surface area contributed by atoms with E-state index in [1.165, 1.54) is 15.9 Å². The molecule has 0 aliphatic carbocycles. The fourth-order valence-corrected chi connectivity index (χ4v) is 3.88. The number of benzene rings is 2. The largest absolute Gasteiger partial charge is 0.494 e. The smallest absolute Gasteiger partial charge is 0.291 e. The van der Waals surface area contributed by atoms with Gasteiger partial charge in [0.25, 0.3) is 5.56 Å². The average Bonchev–Trinajstić information content (AvgIpc) is 3.32. The minimum absolute atomic E-state index is 0.202. The molecule has 0 spiro atoms. The van der Waals surface area contributed by atoms with Crippen LogP contribution in [0.5, 0.6) is 17.2 Å². The normalized spacial score (nSPS) is 11.8. The van der Waals surface area contributed by atoms with Gasteiger partial charge >= 0.3 is 0 Å². The molecular weight excluding hydrogens is 402 g/mol. The molecule has 0 atom stereocenters. The predicted molar refractivity (Wildman–Crippen MR) is 117 cm³/mol. The van der Waals surface area contributed by atoms with Gasteiger partial charge in [-0.1, -0.05) is 24.3 Å². The number of thiazole rings is 1. The van der Waals surface area contributed by atoms with Gasteiger partial charge in [0.1, 0.15) is 5.75 Å². The molecule has 0 radical (unpaired) electrons. The molecular formula is C22H21N3O4S. The van der Waals surface area contributed by atoms with E-state index in [0.29, 0.717) is 33.4 Å². The minimum Gasteiger partial charge on any atom is -0.494 e. The van der Waals surface area contributed by atoms with Gasteiger partial charge in [0, 0.05) is 5.56 Å². The predicted octanol–water partition coefficient (Wildman–Crippen LogP) is 3.17. The lowest BCUT2D eigenvalue weighted by atomic mass is 10.2. The van der Waals surface area contributed by atoms with Crippen molar-refractivity contribution in [2.75, 3.05) is 20.8 Å². The molecule has 0 bridgehead atoms. The fraction of sp³-hybridized carbons (Fsp3) is 0.227. The van der Waals surface area contributed by atoms with Crippen LogP contribution in [0.3, 0.4) is 0 Å². The molecule has 4 rings (SSSR count). The first-order valence-electron chi connectivity index (χ1n) is 9.49. The van der Waals surface area contributed by atoms with E-state index in [1.807, 2.05) is 36.4 Å². The van der Waals surface area contributed by atoms with E-state index in [-0.39, 0.29) is 5.56 Å². The third-order valence-electron chi connectivity index (χ3n) is 4.47. The SMILES string of the molecule is CCCOc1ccc(-c2nc3sc(=Cc4ccc(OC)c(OC)c4)c(=O)n3n2)cc1. The summed E-state index contributed by atoms with van der Waals surface area (Å²) in [5, 5.41) is 4.40. The lowest BCUT2D eigenvalue weighted by molar-refractivity contribution is 0.317. The zero-order chi connectivity index (χ0) is 21.1. The third kappa shape index (κ3) is 3.86. The van der Waals surface area contributed by atoms with Crippen LogP contribution in [0.25, 0.3) is 22.4 Å². The zero-order valence-corrected chi connectivity index (χ0v) is 17.7. The van der Waals surface area contributed by atoms with Crippen molar-refractivity contribution >= 4 is 22.4 Å². The Bertz CT molecular complexity index is 1280. The van der Waals surface area contributed by atoms with Gasteiger partial charge in [0.05, 0.1) is 25.4 Å². The van der Waals surface area contributed by atoms with Crippen LogP contribution in [0.2, 0.25) is 0 Å². The number of fused-ring (bicyclic) bond motifs is 1. The molecule has 0 N–H and O–H groups in total. The van der Waals surface area contributed by atoms with Crippen LogP contribution >= 0.6 is 11.3 Å². The van der Waals surface area contributed by atoms with Crippen LogP contribution in [0.4, 0.5) is 0 Å². The first-order valence-corrected chi connectivity index (χ1v) is 10.3. The van der Waals surface area contributed by atoms with E-state index in [1.54, 1.807) is 26.4 Å². The van der Waals surface area contributed by atoms with Gasteiger partial charge in [-0.2, -0.15) is 9.50 Å². The highest BCUT2D eigenvalue weighted by Gasteiger charge is 2.12. The van der Waals surface area contributed by atoms with Crippen molar-refractivity contribution < 1.29 is 14.2 Å². The molecule has 0 aliphatic rings. The summed E-state index contributed by atoms with van der Waals surface area (Å²) in [6.45, 7) is 2.74. The molecule has 2 aromatic carbocycles. The summed E-state index contributed by atoms with van der Waals surface area (Å²) in [6, 6.07) is 13.0. The van der Waals surface area contributed by atoms with Gasteiger partial charge in [-0.05, 0) is 54.5 Å². The minimum atomic E-state index is -0.202. The molecule has 8 heteroatoms. The first-order chi connectivity index (χ1) is 14.6. The highest BCUT2D eigenvalue weighted by atomic mass is 32.1. The lowest BCUT2D eigenvalue weighted by Crippen LogP contribution is -2.23. The first kappa shape index (κ1) is 19.9. The quantitative estimate of drug-likeness (QED) is 0.455. The van der Waals surface area contributed by atoms with Crippen LogP contribution in [-0.2, 0) is 0 Å². The maximum atomic E-state index is 12.8. The highest BCUT2D eigenvalue weighted by Crippen LogP contribution is 2.27. The Morgan fingerprint density at radius 2 is 1.83 bits per heavy atom. The molecule has 30 heavy (non-hydrogen) atoms. The molecule has 0 saturated carbocycles. The number of hydrogen-bond acceptors (Lipinski definition) is 7. The average molecular weight is 423 g/mol. The number of nitrogens with zero attached hydrogens (tertiary/aromatic N) is 3. The molecule has 0 saturated heterocycles. The number of ether oxygens (including phenoxy) is 3. The monoisotopic (exact) mass is 423 g/mol.